The zero-order valence-electron chi connectivity index (χ0n) is 18.9. The largest absolute Gasteiger partial charge is 0.477 e. The maximum atomic E-state index is 11.7. The molecule has 0 saturated heterocycles. The Bertz CT molecular complexity index is 1570. The minimum absolute atomic E-state index is 0.126. The predicted octanol–water partition coefficient (Wildman–Crippen LogP) is 3.10. The van der Waals surface area contributed by atoms with Crippen molar-refractivity contribution >= 4 is 52.5 Å². The van der Waals surface area contributed by atoms with E-state index in [9.17, 15) is 20.2 Å². The first-order chi connectivity index (χ1) is 17.6. The first-order valence-corrected chi connectivity index (χ1v) is 12.4. The molecule has 0 aliphatic heterocycles. The predicted molar refractivity (Wildman–Crippen MR) is 139 cm³/mol. The molecular formula is C23H20Cl2N7O4S+. The number of hydrogen-bond donors (Lipinski definition) is 6. The summed E-state index contributed by atoms with van der Waals surface area (Å²) in [5.41, 5.74) is 1.74. The third kappa shape index (κ3) is 4.28. The van der Waals surface area contributed by atoms with Crippen LogP contribution in [0.3, 0.4) is 0 Å². The summed E-state index contributed by atoms with van der Waals surface area (Å²) in [4.78, 5) is 18.8. The summed E-state index contributed by atoms with van der Waals surface area (Å²) in [6.45, 7) is 0. The lowest BCUT2D eigenvalue weighted by Gasteiger charge is -2.18. The van der Waals surface area contributed by atoms with Crippen molar-refractivity contribution in [1.82, 2.24) is 9.97 Å². The molecule has 37 heavy (non-hydrogen) atoms. The van der Waals surface area contributed by atoms with Gasteiger partial charge in [-0.05, 0) is 43.2 Å². The monoisotopic (exact) mass is 560 g/mol. The number of carboxylic acids is 1. The fraction of sp³-hybridized carbons (Fsp3) is 0.130. The minimum atomic E-state index is -1.68. The molecule has 1 aromatic carbocycles. The summed E-state index contributed by atoms with van der Waals surface area (Å²) in [6, 6.07) is 8.33. The molecule has 0 radical (unpaired) electrons. The number of aromatic nitrogens is 3. The SMILES string of the molecule is N/N=C\N(N)c1ccc(Cl)cc1-c1cc2c([n+](O)c1)C(O)(c1nc(-c3csc(C(=O)O)c3)c(Cl)[nH]1)CC2. The van der Waals surface area contributed by atoms with Gasteiger partial charge < -0.3 is 21.0 Å². The Balaban J connectivity index is 1.57. The number of nitrogens with two attached hydrogens (primary N) is 2. The number of carbonyl (C=O) groups is 1. The zero-order chi connectivity index (χ0) is 26.5. The highest BCUT2D eigenvalue weighted by atomic mass is 35.5. The minimum Gasteiger partial charge on any atom is -0.477 e. The Morgan fingerprint density at radius 3 is 2.78 bits per heavy atom. The second-order valence-electron chi connectivity index (χ2n) is 8.39. The Hall–Kier alpha value is -3.68. The van der Waals surface area contributed by atoms with Crippen LogP contribution in [0.5, 0.6) is 0 Å². The van der Waals surface area contributed by atoms with Crippen LogP contribution in [0.15, 0.2) is 47.0 Å². The van der Waals surface area contributed by atoms with Crippen molar-refractivity contribution in [3.63, 3.8) is 0 Å². The molecule has 0 saturated carbocycles. The molecule has 14 heteroatoms. The number of hydrogen-bond acceptors (Lipinski definition) is 8. The number of aliphatic hydroxyl groups is 1. The number of imidazole rings is 1. The van der Waals surface area contributed by atoms with Gasteiger partial charge in [0.15, 0.2) is 5.82 Å². The molecule has 0 bridgehead atoms. The summed E-state index contributed by atoms with van der Waals surface area (Å²) >= 11 is 13.7. The number of nitrogens with one attached hydrogen (secondary N) is 1. The smallest absolute Gasteiger partial charge is 0.345 e. The van der Waals surface area contributed by atoms with Crippen LogP contribution in [0.4, 0.5) is 5.69 Å². The lowest BCUT2D eigenvalue weighted by atomic mass is 9.98. The molecule has 1 aliphatic rings. The van der Waals surface area contributed by atoms with Crippen LogP contribution < -0.4 is 21.4 Å². The van der Waals surface area contributed by atoms with Crippen LogP contribution in [-0.2, 0) is 12.0 Å². The number of pyridine rings is 1. The number of carboxylic acid groups (broad SMARTS) is 1. The number of aromatic amines is 1. The Labute approximate surface area is 223 Å². The molecule has 3 heterocycles. The van der Waals surface area contributed by atoms with E-state index >= 15 is 0 Å². The molecule has 190 valence electrons. The molecule has 1 atom stereocenters. The number of halogens is 2. The van der Waals surface area contributed by atoms with Gasteiger partial charge in [-0.1, -0.05) is 23.2 Å². The summed E-state index contributed by atoms with van der Waals surface area (Å²) in [6.07, 6.45) is 3.30. The molecule has 8 N–H and O–H groups in total. The first kappa shape index (κ1) is 25.0. The lowest BCUT2D eigenvalue weighted by molar-refractivity contribution is -0.912. The van der Waals surface area contributed by atoms with Gasteiger partial charge >= 0.3 is 5.97 Å². The van der Waals surface area contributed by atoms with Crippen LogP contribution in [0.25, 0.3) is 22.4 Å². The molecule has 4 aromatic rings. The van der Waals surface area contributed by atoms with Gasteiger partial charge in [-0.25, -0.2) is 15.6 Å². The van der Waals surface area contributed by atoms with Gasteiger partial charge in [-0.3, -0.25) is 10.2 Å². The van der Waals surface area contributed by atoms with Gasteiger partial charge in [-0.2, -0.15) is 5.10 Å². The average molecular weight is 561 g/mol. The summed E-state index contributed by atoms with van der Waals surface area (Å²) in [7, 11) is 0. The second-order valence-corrected chi connectivity index (χ2v) is 10.1. The van der Waals surface area contributed by atoms with Crippen molar-refractivity contribution in [3.05, 3.63) is 74.0 Å². The molecule has 0 fully saturated rings. The van der Waals surface area contributed by atoms with Crippen molar-refractivity contribution in [2.24, 2.45) is 16.8 Å². The molecule has 5 rings (SSSR count). The van der Waals surface area contributed by atoms with E-state index in [1.807, 2.05) is 6.07 Å². The third-order valence-corrected chi connectivity index (χ3v) is 7.57. The average Bonchev–Trinajstić information content (AvgIpc) is 3.57. The number of hydrazone groups is 1. The van der Waals surface area contributed by atoms with Crippen molar-refractivity contribution in [1.29, 1.82) is 0 Å². The van der Waals surface area contributed by atoms with Crippen LogP contribution in [0.2, 0.25) is 10.2 Å². The molecule has 0 amide bonds. The molecule has 0 spiro atoms. The number of anilines is 1. The number of aryl methyl sites for hydroxylation is 1. The zero-order valence-corrected chi connectivity index (χ0v) is 21.2. The van der Waals surface area contributed by atoms with E-state index in [4.69, 9.17) is 34.9 Å². The highest BCUT2D eigenvalue weighted by Crippen LogP contribution is 2.43. The number of aromatic carboxylic acids is 1. The standard InChI is InChI=1S/C23H19Cl2N7O4S/c24-14-1-2-16(31(27)10-28-26)15(7-14)12-5-11-3-4-23(35,19(11)32(36)8-12)22-29-18(20(25)30-22)13-6-17(21(33)34)37-9-13/h1-2,5-10,35H,3-4,26-27H2,(H2-,29,30,33,34,36)/p+1/b28-10-. The van der Waals surface area contributed by atoms with Gasteiger partial charge in [0.25, 0.3) is 5.69 Å². The van der Waals surface area contributed by atoms with Crippen molar-refractivity contribution in [3.8, 4) is 22.4 Å². The molecular weight excluding hydrogens is 541 g/mol. The van der Waals surface area contributed by atoms with Crippen molar-refractivity contribution in [2.45, 2.75) is 18.4 Å². The van der Waals surface area contributed by atoms with Gasteiger partial charge in [0.2, 0.25) is 11.8 Å². The van der Waals surface area contributed by atoms with E-state index in [2.05, 4.69) is 15.1 Å². The molecule has 1 aliphatic carbocycles. The first-order valence-electron chi connectivity index (χ1n) is 10.8. The Morgan fingerprint density at radius 1 is 1.30 bits per heavy atom. The van der Waals surface area contributed by atoms with Crippen molar-refractivity contribution < 1.29 is 24.9 Å². The number of nitrogens with zero attached hydrogens (tertiary/aromatic N) is 4. The lowest BCUT2D eigenvalue weighted by Crippen LogP contribution is -2.44. The molecule has 1 unspecified atom stereocenters. The summed E-state index contributed by atoms with van der Waals surface area (Å²) in [5, 5.41) is 38.8. The van der Waals surface area contributed by atoms with Crippen LogP contribution in [0.1, 0.15) is 33.2 Å². The van der Waals surface area contributed by atoms with Gasteiger partial charge in [-0.15, -0.1) is 11.3 Å². The number of hydrazine groups is 1. The quantitative estimate of drug-likeness (QED) is 0.0519. The van der Waals surface area contributed by atoms with Crippen LogP contribution >= 0.6 is 34.5 Å². The van der Waals surface area contributed by atoms with Crippen LogP contribution in [0, 0.1) is 0 Å². The Kier molecular flexibility index (Phi) is 6.30. The maximum absolute atomic E-state index is 11.7. The van der Waals surface area contributed by atoms with Crippen molar-refractivity contribution in [2.75, 3.05) is 5.01 Å². The fourth-order valence-corrected chi connectivity index (χ4v) is 5.65. The molecule has 3 aromatic heterocycles. The van der Waals surface area contributed by atoms with E-state index < -0.39 is 11.6 Å². The summed E-state index contributed by atoms with van der Waals surface area (Å²) < 4.78 is 0.851. The van der Waals surface area contributed by atoms with Gasteiger partial charge in [0.05, 0.1) is 11.3 Å². The number of thiophene rings is 1. The van der Waals surface area contributed by atoms with Gasteiger partial charge in [0, 0.05) is 31.8 Å². The van der Waals surface area contributed by atoms with Gasteiger partial charge in [0.1, 0.15) is 22.1 Å². The number of fused-ring (bicyclic) bond motifs is 1. The second kappa shape index (κ2) is 9.32. The normalized spacial score (nSPS) is 16.9. The van der Waals surface area contributed by atoms with E-state index in [-0.39, 0.29) is 28.0 Å². The topological polar surface area (TPSA) is 178 Å². The maximum Gasteiger partial charge on any atom is 0.345 e. The highest BCUT2D eigenvalue weighted by molar-refractivity contribution is 7.12. The summed E-state index contributed by atoms with van der Waals surface area (Å²) in [5.74, 6) is 10.3. The van der Waals surface area contributed by atoms with E-state index in [0.29, 0.717) is 45.1 Å². The number of H-pyrrole nitrogens is 1. The number of benzene rings is 1. The highest BCUT2D eigenvalue weighted by Gasteiger charge is 2.50. The van der Waals surface area contributed by atoms with E-state index in [0.717, 1.165) is 16.1 Å². The number of rotatable bonds is 6. The Morgan fingerprint density at radius 2 is 2.08 bits per heavy atom. The molecule has 11 nitrogen and oxygen atoms in total. The van der Waals surface area contributed by atoms with Crippen LogP contribution in [-0.4, -0.2) is 37.7 Å². The fourth-order valence-electron chi connectivity index (χ4n) is 4.50. The third-order valence-electron chi connectivity index (χ3n) is 6.15. The van der Waals surface area contributed by atoms with E-state index in [1.54, 1.807) is 23.6 Å². The van der Waals surface area contributed by atoms with E-state index in [1.165, 1.54) is 23.6 Å².